The molecular formula is C38H20N6O2. The molecule has 8 heterocycles. The van der Waals surface area contributed by atoms with E-state index >= 15 is 0 Å². The van der Waals surface area contributed by atoms with Gasteiger partial charge in [-0.2, -0.15) is 0 Å². The molecule has 0 amide bonds. The van der Waals surface area contributed by atoms with E-state index in [0.29, 0.717) is 0 Å². The third-order valence-corrected chi connectivity index (χ3v) is 9.30. The highest BCUT2D eigenvalue weighted by Crippen LogP contribution is 2.41. The van der Waals surface area contributed by atoms with Gasteiger partial charge in [0.2, 0.25) is 0 Å². The van der Waals surface area contributed by atoms with E-state index in [4.69, 9.17) is 8.83 Å². The number of fused-ring (bicyclic) bond motifs is 13. The van der Waals surface area contributed by atoms with Crippen LogP contribution >= 0.6 is 0 Å². The zero-order chi connectivity index (χ0) is 29.9. The van der Waals surface area contributed by atoms with Gasteiger partial charge in [-0.1, -0.05) is 0 Å². The van der Waals surface area contributed by atoms with Crippen LogP contribution in [0.1, 0.15) is 0 Å². The summed E-state index contributed by atoms with van der Waals surface area (Å²) < 4.78 is 17.5. The van der Waals surface area contributed by atoms with Crippen LogP contribution in [0.3, 0.4) is 0 Å². The molecule has 0 bridgehead atoms. The number of furan rings is 2. The van der Waals surface area contributed by atoms with Gasteiger partial charge in [0.05, 0.1) is 34.5 Å². The summed E-state index contributed by atoms with van der Waals surface area (Å²) in [6.07, 6.45) is 15.0. The van der Waals surface area contributed by atoms with Crippen molar-refractivity contribution < 1.29 is 8.83 Å². The Hall–Kier alpha value is -6.54. The molecule has 8 aromatic heterocycles. The first-order valence-corrected chi connectivity index (χ1v) is 15.0. The van der Waals surface area contributed by atoms with Crippen molar-refractivity contribution >= 4 is 87.5 Å². The molecule has 0 aliphatic carbocycles. The van der Waals surface area contributed by atoms with Crippen molar-refractivity contribution in [3.05, 3.63) is 122 Å². The van der Waals surface area contributed by atoms with Gasteiger partial charge >= 0.3 is 0 Å². The molecule has 11 rings (SSSR count). The van der Waals surface area contributed by atoms with Gasteiger partial charge in [0.25, 0.3) is 0 Å². The third-order valence-electron chi connectivity index (χ3n) is 9.30. The fourth-order valence-corrected chi connectivity index (χ4v) is 7.30. The van der Waals surface area contributed by atoms with Gasteiger partial charge in [-0.25, -0.2) is 0 Å². The van der Waals surface area contributed by atoms with Gasteiger partial charge in [-0.15, -0.1) is 0 Å². The van der Waals surface area contributed by atoms with E-state index in [-0.39, 0.29) is 0 Å². The Kier molecular flexibility index (Phi) is 4.43. The topological polar surface area (TPSA) is 87.7 Å². The van der Waals surface area contributed by atoms with Gasteiger partial charge in [-0.05, 0) is 72.8 Å². The highest BCUT2D eigenvalue weighted by molar-refractivity contribution is 6.19. The first-order chi connectivity index (χ1) is 22.8. The Morgan fingerprint density at radius 2 is 0.826 bits per heavy atom. The van der Waals surface area contributed by atoms with Crippen LogP contribution in [0.25, 0.3) is 98.9 Å². The monoisotopic (exact) mass is 592 g/mol. The maximum absolute atomic E-state index is 6.51. The number of aromatic nitrogens is 6. The quantitative estimate of drug-likeness (QED) is 0.199. The van der Waals surface area contributed by atoms with E-state index in [2.05, 4.69) is 65.5 Å². The second-order valence-corrected chi connectivity index (χ2v) is 11.6. The molecule has 0 atom stereocenters. The zero-order valence-corrected chi connectivity index (χ0v) is 24.0. The minimum Gasteiger partial charge on any atom is -0.452 e. The molecule has 8 nitrogen and oxygen atoms in total. The van der Waals surface area contributed by atoms with Crippen molar-refractivity contribution in [2.45, 2.75) is 0 Å². The lowest BCUT2D eigenvalue weighted by Crippen LogP contribution is -1.93. The van der Waals surface area contributed by atoms with Crippen LogP contribution in [-0.4, -0.2) is 29.1 Å². The van der Waals surface area contributed by atoms with E-state index < -0.39 is 0 Å². The van der Waals surface area contributed by atoms with E-state index in [1.54, 1.807) is 0 Å². The molecule has 0 saturated carbocycles. The van der Waals surface area contributed by atoms with Gasteiger partial charge in [0.1, 0.15) is 11.2 Å². The fraction of sp³-hybridized carbons (Fsp3) is 0. The molecule has 0 fully saturated rings. The normalized spacial score (nSPS) is 12.3. The Morgan fingerprint density at radius 3 is 1.33 bits per heavy atom. The SMILES string of the molecule is c1cc2c(cn1)c1ccncc1n2-c1ccc2oc3c(ccc4c5cc(-n6c7ccncc7c7ccncc76)ccc5oc43)c2c1. The van der Waals surface area contributed by atoms with Crippen LogP contribution in [0.5, 0.6) is 0 Å². The van der Waals surface area contributed by atoms with Crippen molar-refractivity contribution in [1.29, 1.82) is 0 Å². The highest BCUT2D eigenvalue weighted by Gasteiger charge is 2.19. The standard InChI is InChI=1S/C38H20N6O2/c1-5-35-27(15-21(1)43-31-9-13-39-17-29(31)23-7-11-41-19-33(23)43)25-3-4-26-28-16-22(2-6-36(28)46-38(26)37(25)45-35)44-32-10-14-40-18-30(32)24-8-12-42-20-34(24)44/h1-20H. The number of nitrogens with zero attached hydrogens (tertiary/aromatic N) is 6. The summed E-state index contributed by atoms with van der Waals surface area (Å²) in [5.74, 6) is 0. The number of benzene rings is 3. The summed E-state index contributed by atoms with van der Waals surface area (Å²) in [5, 5.41) is 8.48. The minimum atomic E-state index is 0.739. The second-order valence-electron chi connectivity index (χ2n) is 11.6. The van der Waals surface area contributed by atoms with E-state index in [9.17, 15) is 0 Å². The Balaban J connectivity index is 1.13. The lowest BCUT2D eigenvalue weighted by Gasteiger charge is -2.07. The van der Waals surface area contributed by atoms with Crippen molar-refractivity contribution in [2.75, 3.05) is 0 Å². The molecule has 3 aromatic carbocycles. The van der Waals surface area contributed by atoms with Crippen LogP contribution < -0.4 is 0 Å². The number of hydrogen-bond acceptors (Lipinski definition) is 6. The first-order valence-electron chi connectivity index (χ1n) is 15.0. The van der Waals surface area contributed by atoms with Crippen LogP contribution in [0.2, 0.25) is 0 Å². The largest absolute Gasteiger partial charge is 0.452 e. The maximum atomic E-state index is 6.51. The van der Waals surface area contributed by atoms with Gasteiger partial charge in [0.15, 0.2) is 11.2 Å². The molecule has 0 spiro atoms. The minimum absolute atomic E-state index is 0.739. The zero-order valence-electron chi connectivity index (χ0n) is 24.0. The summed E-state index contributed by atoms with van der Waals surface area (Å²) in [4.78, 5) is 17.6. The van der Waals surface area contributed by atoms with Crippen molar-refractivity contribution in [3.8, 4) is 11.4 Å². The summed E-state index contributed by atoms with van der Waals surface area (Å²) >= 11 is 0. The van der Waals surface area contributed by atoms with Gasteiger partial charge in [-0.3, -0.25) is 19.9 Å². The van der Waals surface area contributed by atoms with Crippen molar-refractivity contribution in [3.63, 3.8) is 0 Å². The molecular weight excluding hydrogens is 572 g/mol. The molecule has 11 aromatic rings. The van der Waals surface area contributed by atoms with Gasteiger partial charge < -0.3 is 18.0 Å². The predicted molar refractivity (Wildman–Crippen MR) is 181 cm³/mol. The first kappa shape index (κ1) is 23.9. The average Bonchev–Trinajstić information content (AvgIpc) is 3.85. The predicted octanol–water partition coefficient (Wildman–Crippen LogP) is 9.26. The number of hydrogen-bond donors (Lipinski definition) is 0. The molecule has 214 valence electrons. The summed E-state index contributed by atoms with van der Waals surface area (Å²) in [5.41, 5.74) is 9.36. The van der Waals surface area contributed by atoms with Crippen molar-refractivity contribution in [1.82, 2.24) is 29.1 Å². The van der Waals surface area contributed by atoms with Crippen LogP contribution in [0.15, 0.2) is 131 Å². The number of rotatable bonds is 2. The molecule has 8 heteroatoms. The molecule has 0 aliphatic heterocycles. The van der Waals surface area contributed by atoms with E-state index in [0.717, 1.165) is 98.9 Å². The molecule has 46 heavy (non-hydrogen) atoms. The Morgan fingerprint density at radius 1 is 0.370 bits per heavy atom. The van der Waals surface area contributed by atoms with Crippen molar-refractivity contribution in [2.24, 2.45) is 0 Å². The van der Waals surface area contributed by atoms with Crippen LogP contribution in [0.4, 0.5) is 0 Å². The summed E-state index contributed by atoms with van der Waals surface area (Å²) in [6, 6.07) is 25.1. The smallest absolute Gasteiger partial charge is 0.178 e. The second kappa shape index (κ2) is 8.55. The van der Waals surface area contributed by atoms with E-state index in [1.165, 1.54) is 0 Å². The van der Waals surface area contributed by atoms with Crippen LogP contribution in [-0.2, 0) is 0 Å². The molecule has 0 aliphatic rings. The average molecular weight is 593 g/mol. The molecule has 0 radical (unpaired) electrons. The fourth-order valence-electron chi connectivity index (χ4n) is 7.30. The highest BCUT2D eigenvalue weighted by atomic mass is 16.4. The summed E-state index contributed by atoms with van der Waals surface area (Å²) in [6.45, 7) is 0. The third kappa shape index (κ3) is 3.02. The summed E-state index contributed by atoms with van der Waals surface area (Å²) in [7, 11) is 0. The van der Waals surface area contributed by atoms with E-state index in [1.807, 2.05) is 86.0 Å². The molecule has 0 N–H and O–H groups in total. The Bertz CT molecular complexity index is 2740. The molecule has 0 unspecified atom stereocenters. The maximum Gasteiger partial charge on any atom is 0.178 e. The van der Waals surface area contributed by atoms with Gasteiger partial charge in [0, 0.05) is 91.6 Å². The Labute approximate surface area is 258 Å². The molecule has 0 saturated heterocycles. The number of pyridine rings is 4. The lowest BCUT2D eigenvalue weighted by molar-refractivity contribution is 0.633. The van der Waals surface area contributed by atoms with Crippen LogP contribution in [0, 0.1) is 0 Å². The lowest BCUT2D eigenvalue weighted by atomic mass is 10.1.